The summed E-state index contributed by atoms with van der Waals surface area (Å²) in [6.07, 6.45) is 2.39. The van der Waals surface area contributed by atoms with Gasteiger partial charge in [0.15, 0.2) is 0 Å². The molecule has 0 saturated carbocycles. The van der Waals surface area contributed by atoms with Crippen molar-refractivity contribution in [2.75, 3.05) is 83.6 Å². The number of carbonyl (C=O) groups is 3. The van der Waals surface area contributed by atoms with Crippen LogP contribution in [0.1, 0.15) is 26.2 Å². The van der Waals surface area contributed by atoms with Crippen LogP contribution in [0.15, 0.2) is 0 Å². The second kappa shape index (κ2) is 14.5. The van der Waals surface area contributed by atoms with Gasteiger partial charge in [0.1, 0.15) is 0 Å². The van der Waals surface area contributed by atoms with Crippen LogP contribution in [0.25, 0.3) is 0 Å². The first-order valence-corrected chi connectivity index (χ1v) is 11.5. The van der Waals surface area contributed by atoms with Crippen molar-refractivity contribution in [1.82, 2.24) is 29.4 Å². The molecule has 0 aromatic rings. The molecule has 2 fully saturated rings. The number of carbonyl (C=O) groups excluding carboxylic acids is 3. The van der Waals surface area contributed by atoms with Crippen molar-refractivity contribution >= 4 is 17.7 Å². The Labute approximate surface area is 201 Å². The molecule has 0 spiro atoms. The second-order valence-corrected chi connectivity index (χ2v) is 9.82. The summed E-state index contributed by atoms with van der Waals surface area (Å²) < 4.78 is 0. The van der Waals surface area contributed by atoms with Crippen LogP contribution in [-0.2, 0) is 14.4 Å². The summed E-state index contributed by atoms with van der Waals surface area (Å²) in [4.78, 5) is 44.8. The van der Waals surface area contributed by atoms with Crippen LogP contribution in [0.3, 0.4) is 0 Å². The van der Waals surface area contributed by atoms with Crippen LogP contribution in [0.5, 0.6) is 0 Å². The summed E-state index contributed by atoms with van der Waals surface area (Å²) in [5.41, 5.74) is 0. The van der Waals surface area contributed by atoms with Gasteiger partial charge in [0.05, 0.1) is 24.2 Å². The molecule has 10 heteroatoms. The third-order valence-corrected chi connectivity index (χ3v) is 6.07. The number of hydrogen-bond donors (Lipinski definition) is 1. The lowest BCUT2D eigenvalue weighted by atomic mass is 10.2. The largest absolute Gasteiger partial charge is 0.392 e. The first-order chi connectivity index (χ1) is 15.1. The van der Waals surface area contributed by atoms with Gasteiger partial charge < -0.3 is 19.8 Å². The Hall–Kier alpha value is -1.75. The van der Waals surface area contributed by atoms with E-state index in [2.05, 4.69) is 4.90 Å². The van der Waals surface area contributed by atoms with Crippen molar-refractivity contribution in [3.8, 4) is 0 Å². The number of β-amino-alcohol motifs (C(OH)–C–C–N with tert-alkyl or cyclic N) is 1. The highest BCUT2D eigenvalue weighted by atomic mass is 16.3. The number of likely N-dealkylation sites (tertiary alicyclic amines) is 2. The van der Waals surface area contributed by atoms with E-state index in [0.717, 1.165) is 19.4 Å². The monoisotopic (exact) mass is 472 g/mol. The molecule has 2 aliphatic rings. The van der Waals surface area contributed by atoms with Crippen LogP contribution in [0.4, 0.5) is 0 Å². The minimum atomic E-state index is -0.344. The molecule has 194 valence electrons. The molecule has 3 amide bonds. The minimum Gasteiger partial charge on any atom is -0.392 e. The number of nitrogens with zero attached hydrogens (tertiary/aromatic N) is 6. The maximum Gasteiger partial charge on any atom is 0.239 e. The molecular weight excluding hydrogens is 424 g/mol. The lowest BCUT2D eigenvalue weighted by Crippen LogP contribution is -2.40. The van der Waals surface area contributed by atoms with Crippen LogP contribution in [0, 0.1) is 0 Å². The van der Waals surface area contributed by atoms with E-state index >= 15 is 0 Å². The van der Waals surface area contributed by atoms with Crippen molar-refractivity contribution in [3.63, 3.8) is 0 Å². The van der Waals surface area contributed by atoms with E-state index in [9.17, 15) is 19.5 Å². The summed E-state index contributed by atoms with van der Waals surface area (Å²) in [6, 6.07) is -0.00463. The quantitative estimate of drug-likeness (QED) is 0.581. The zero-order valence-electron chi connectivity index (χ0n) is 22.7. The lowest BCUT2D eigenvalue weighted by molar-refractivity contribution is -0.133. The predicted molar refractivity (Wildman–Crippen MR) is 132 cm³/mol. The molecular formula is C23H48N6O4. The van der Waals surface area contributed by atoms with Crippen molar-refractivity contribution < 1.29 is 19.5 Å². The molecule has 4 atom stereocenters. The van der Waals surface area contributed by atoms with Crippen molar-refractivity contribution in [2.45, 2.75) is 50.4 Å². The molecule has 33 heavy (non-hydrogen) atoms. The molecule has 1 N–H and O–H groups in total. The average molecular weight is 473 g/mol. The molecule has 0 unspecified atom stereocenters. The van der Waals surface area contributed by atoms with E-state index in [1.165, 1.54) is 0 Å². The molecule has 0 aromatic heterocycles. The number of likely N-dealkylation sites (N-methyl/N-ethyl adjacent to an activating group) is 6. The summed E-state index contributed by atoms with van der Waals surface area (Å²) >= 11 is 0. The molecule has 2 aliphatic heterocycles. The number of rotatable bonds is 4. The molecule has 0 bridgehead atoms. The Morgan fingerprint density at radius 2 is 1.30 bits per heavy atom. The van der Waals surface area contributed by atoms with E-state index in [-0.39, 0.29) is 42.0 Å². The summed E-state index contributed by atoms with van der Waals surface area (Å²) in [5.74, 6) is 0.462. The SMILES string of the molecule is CN(C)C(=O)[C@@H]1CCCN1C.CN(C)C(=O)[C@@H]1C[C@@H](O)CN1C.C[C@@H](C(=O)N(C)C)N(C)C. The number of amides is 3. The van der Waals surface area contributed by atoms with Crippen molar-refractivity contribution in [3.05, 3.63) is 0 Å². The second-order valence-electron chi connectivity index (χ2n) is 9.82. The Kier molecular flexibility index (Phi) is 13.7. The molecule has 0 radical (unpaired) electrons. The first kappa shape index (κ1) is 31.2. The van der Waals surface area contributed by atoms with Gasteiger partial charge in [-0.3, -0.25) is 29.1 Å². The Morgan fingerprint density at radius 1 is 0.818 bits per heavy atom. The van der Waals surface area contributed by atoms with Crippen molar-refractivity contribution in [2.24, 2.45) is 0 Å². The normalized spacial score (nSPS) is 23.7. The maximum absolute atomic E-state index is 11.5. The van der Waals surface area contributed by atoms with Crippen LogP contribution >= 0.6 is 0 Å². The van der Waals surface area contributed by atoms with Gasteiger partial charge in [-0.15, -0.1) is 0 Å². The topological polar surface area (TPSA) is 90.9 Å². The Morgan fingerprint density at radius 3 is 1.58 bits per heavy atom. The number of aliphatic hydroxyl groups excluding tert-OH is 1. The van der Waals surface area contributed by atoms with Gasteiger partial charge in [-0.05, 0) is 60.9 Å². The fraction of sp³-hybridized carbons (Fsp3) is 0.870. The standard InChI is InChI=1S/C8H16N2O2.C8H16N2O.C7H16N2O/c1-9(2)8(12)7-4-6(11)5-10(7)3;1-9(2)8(11)7-5-4-6-10(7)3;1-6(8(2)3)7(10)9(4)5/h6-7,11H,4-5H2,1-3H3;7H,4-6H2,1-3H3;6H,1-5H3/t6-,7+;7-;6-/m100/s1. The zero-order chi connectivity index (χ0) is 26.0. The van der Waals surface area contributed by atoms with Gasteiger partial charge in [-0.1, -0.05) is 0 Å². The highest BCUT2D eigenvalue weighted by molar-refractivity contribution is 5.82. The van der Waals surface area contributed by atoms with Crippen LogP contribution in [-0.4, -0.2) is 160 Å². The third-order valence-electron chi connectivity index (χ3n) is 6.07. The number of aliphatic hydroxyl groups is 1. The molecule has 0 aromatic carbocycles. The van der Waals surface area contributed by atoms with Crippen molar-refractivity contribution in [1.29, 1.82) is 0 Å². The van der Waals surface area contributed by atoms with E-state index in [1.54, 1.807) is 42.9 Å². The molecule has 2 rings (SSSR count). The maximum atomic E-state index is 11.5. The van der Waals surface area contributed by atoms with Crippen LogP contribution < -0.4 is 0 Å². The fourth-order valence-electron chi connectivity index (χ4n) is 3.67. The van der Waals surface area contributed by atoms with E-state index in [1.807, 2.05) is 59.0 Å². The first-order valence-electron chi connectivity index (χ1n) is 11.5. The Balaban J connectivity index is 0.000000468. The summed E-state index contributed by atoms with van der Waals surface area (Å²) in [6.45, 7) is 3.55. The summed E-state index contributed by atoms with van der Waals surface area (Å²) in [5, 5.41) is 9.29. The Bertz CT molecular complexity index is 626. The predicted octanol–water partition coefficient (Wildman–Crippen LogP) is -0.667. The third kappa shape index (κ3) is 10.4. The lowest BCUT2D eigenvalue weighted by Gasteiger charge is -2.22. The van der Waals surface area contributed by atoms with Gasteiger partial charge >= 0.3 is 0 Å². The smallest absolute Gasteiger partial charge is 0.239 e. The van der Waals surface area contributed by atoms with Crippen LogP contribution in [0.2, 0.25) is 0 Å². The molecule has 2 heterocycles. The van der Waals surface area contributed by atoms with Gasteiger partial charge in [-0.25, -0.2) is 0 Å². The van der Waals surface area contributed by atoms with E-state index < -0.39 is 0 Å². The van der Waals surface area contributed by atoms with E-state index in [0.29, 0.717) is 13.0 Å². The number of hydrogen-bond acceptors (Lipinski definition) is 7. The van der Waals surface area contributed by atoms with Gasteiger partial charge in [0.2, 0.25) is 17.7 Å². The van der Waals surface area contributed by atoms with Gasteiger partial charge in [0.25, 0.3) is 0 Å². The average Bonchev–Trinajstić information content (AvgIpc) is 3.30. The summed E-state index contributed by atoms with van der Waals surface area (Å²) in [7, 11) is 18.3. The van der Waals surface area contributed by atoms with Gasteiger partial charge in [-0.2, -0.15) is 0 Å². The highest BCUT2D eigenvalue weighted by Gasteiger charge is 2.34. The van der Waals surface area contributed by atoms with Gasteiger partial charge in [0, 0.05) is 48.8 Å². The molecule has 2 saturated heterocycles. The molecule has 10 nitrogen and oxygen atoms in total. The zero-order valence-corrected chi connectivity index (χ0v) is 22.7. The molecule has 0 aliphatic carbocycles. The highest BCUT2D eigenvalue weighted by Crippen LogP contribution is 2.17. The van der Waals surface area contributed by atoms with E-state index in [4.69, 9.17) is 0 Å². The fourth-order valence-corrected chi connectivity index (χ4v) is 3.67. The minimum absolute atomic E-state index is 0.0185.